The maximum Gasteiger partial charge on any atom is 0.215 e. The molecule has 0 aromatic carbocycles. The highest BCUT2D eigenvalue weighted by Crippen LogP contribution is 2.78. The third kappa shape index (κ3) is 2.07. The monoisotopic (exact) mass is 208 g/mol. The van der Waals surface area contributed by atoms with Crippen LogP contribution in [0.5, 0.6) is 0 Å². The molecule has 64 valence electrons. The Balaban J connectivity index is 2.78. The van der Waals surface area contributed by atoms with E-state index in [9.17, 15) is 4.57 Å². The molecule has 1 aliphatic heterocycles. The van der Waals surface area contributed by atoms with E-state index < -0.39 is 5.55 Å². The SMILES string of the molecule is C/C=C(/CC)P1(=O)SCCS1. The van der Waals surface area contributed by atoms with Crippen molar-refractivity contribution in [1.82, 2.24) is 0 Å². The summed E-state index contributed by atoms with van der Waals surface area (Å²) in [7, 11) is 0. The number of hydrogen-bond donors (Lipinski definition) is 0. The van der Waals surface area contributed by atoms with Gasteiger partial charge in [0.2, 0.25) is 5.55 Å². The van der Waals surface area contributed by atoms with Gasteiger partial charge < -0.3 is 0 Å². The van der Waals surface area contributed by atoms with Crippen LogP contribution in [0.4, 0.5) is 0 Å². The fourth-order valence-corrected chi connectivity index (χ4v) is 10.7. The lowest BCUT2D eigenvalue weighted by molar-refractivity contribution is 0.596. The van der Waals surface area contributed by atoms with Gasteiger partial charge in [-0.05, 0) is 13.3 Å². The summed E-state index contributed by atoms with van der Waals surface area (Å²) in [5, 5.41) is 1.16. The summed E-state index contributed by atoms with van der Waals surface area (Å²) in [6.45, 7) is 4.06. The second-order valence-electron chi connectivity index (χ2n) is 2.30. The minimum Gasteiger partial charge on any atom is -0.296 e. The first-order valence-electron chi connectivity index (χ1n) is 3.78. The molecular weight excluding hydrogens is 195 g/mol. The Morgan fingerprint density at radius 3 is 2.45 bits per heavy atom. The molecule has 0 radical (unpaired) electrons. The Labute approximate surface area is 76.3 Å². The van der Waals surface area contributed by atoms with Gasteiger partial charge >= 0.3 is 0 Å². The van der Waals surface area contributed by atoms with Crippen LogP contribution in [0.3, 0.4) is 0 Å². The van der Waals surface area contributed by atoms with Crippen LogP contribution >= 0.6 is 28.3 Å². The molecule has 11 heavy (non-hydrogen) atoms. The van der Waals surface area contributed by atoms with Crippen LogP contribution in [0.25, 0.3) is 0 Å². The first-order chi connectivity index (χ1) is 5.23. The topological polar surface area (TPSA) is 17.1 Å². The molecule has 0 amide bonds. The zero-order valence-corrected chi connectivity index (χ0v) is 9.40. The van der Waals surface area contributed by atoms with Gasteiger partial charge in [0.05, 0.1) is 0 Å². The highest BCUT2D eigenvalue weighted by Gasteiger charge is 2.31. The van der Waals surface area contributed by atoms with Gasteiger partial charge in [0, 0.05) is 16.8 Å². The molecule has 1 heterocycles. The number of rotatable bonds is 2. The molecular formula is C7H13OPS2. The summed E-state index contributed by atoms with van der Waals surface area (Å²) in [5.41, 5.74) is -1.99. The maximum absolute atomic E-state index is 12.0. The van der Waals surface area contributed by atoms with Crippen LogP contribution in [0.2, 0.25) is 0 Å². The molecule has 1 nitrogen and oxygen atoms in total. The molecule has 0 aromatic heterocycles. The lowest BCUT2D eigenvalue weighted by atomic mass is 10.4. The van der Waals surface area contributed by atoms with Gasteiger partial charge in [-0.1, -0.05) is 35.8 Å². The molecule has 0 aromatic rings. The van der Waals surface area contributed by atoms with Gasteiger partial charge in [0.1, 0.15) is 0 Å². The Morgan fingerprint density at radius 2 is 2.09 bits per heavy atom. The molecule has 0 saturated carbocycles. The van der Waals surface area contributed by atoms with Crippen molar-refractivity contribution in [3.63, 3.8) is 0 Å². The molecule has 0 atom stereocenters. The van der Waals surface area contributed by atoms with Gasteiger partial charge in [0.15, 0.2) is 0 Å². The molecule has 0 spiro atoms. The highest BCUT2D eigenvalue weighted by molar-refractivity contribution is 8.93. The molecule has 1 fully saturated rings. The van der Waals surface area contributed by atoms with Crippen molar-refractivity contribution in [3.05, 3.63) is 11.4 Å². The minimum atomic E-state index is -1.99. The fourth-order valence-electron chi connectivity index (χ4n) is 1.07. The molecule has 0 unspecified atom stereocenters. The van der Waals surface area contributed by atoms with E-state index in [1.54, 1.807) is 22.8 Å². The standard InChI is InChI=1S/C7H13OPS2/c1-3-7(4-2)9(8)10-5-6-11-9/h3H,4-6H2,1-2H3/b7-3-. The van der Waals surface area contributed by atoms with Crippen molar-refractivity contribution in [2.45, 2.75) is 20.3 Å². The zero-order valence-electron chi connectivity index (χ0n) is 6.87. The first kappa shape index (κ1) is 9.76. The lowest BCUT2D eigenvalue weighted by Gasteiger charge is -2.10. The van der Waals surface area contributed by atoms with E-state index in [0.29, 0.717) is 0 Å². The first-order valence-corrected chi connectivity index (χ1v) is 8.66. The number of hydrogen-bond acceptors (Lipinski definition) is 3. The molecule has 1 rings (SSSR count). The van der Waals surface area contributed by atoms with Crippen molar-refractivity contribution in [1.29, 1.82) is 0 Å². The molecule has 0 aliphatic carbocycles. The van der Waals surface area contributed by atoms with Crippen LogP contribution in [-0.4, -0.2) is 11.5 Å². The third-order valence-corrected chi connectivity index (χ3v) is 11.1. The van der Waals surface area contributed by atoms with E-state index in [1.807, 2.05) is 13.0 Å². The summed E-state index contributed by atoms with van der Waals surface area (Å²) in [5.74, 6) is 2.11. The van der Waals surface area contributed by atoms with Crippen LogP contribution in [0.1, 0.15) is 20.3 Å². The van der Waals surface area contributed by atoms with E-state index in [1.165, 1.54) is 0 Å². The Hall–Kier alpha value is 0.670. The van der Waals surface area contributed by atoms with Crippen LogP contribution in [-0.2, 0) is 4.57 Å². The second kappa shape index (κ2) is 4.06. The predicted molar refractivity (Wildman–Crippen MR) is 56.6 cm³/mol. The van der Waals surface area contributed by atoms with E-state index in [4.69, 9.17) is 0 Å². The maximum atomic E-state index is 12.0. The molecule has 0 bridgehead atoms. The third-order valence-electron chi connectivity index (χ3n) is 1.65. The Morgan fingerprint density at radius 1 is 1.55 bits per heavy atom. The van der Waals surface area contributed by atoms with E-state index in [-0.39, 0.29) is 0 Å². The van der Waals surface area contributed by atoms with Crippen LogP contribution in [0.15, 0.2) is 11.4 Å². The summed E-state index contributed by atoms with van der Waals surface area (Å²) in [4.78, 5) is 0. The van der Waals surface area contributed by atoms with Crippen molar-refractivity contribution in [3.8, 4) is 0 Å². The van der Waals surface area contributed by atoms with E-state index in [2.05, 4.69) is 6.92 Å². The summed E-state index contributed by atoms with van der Waals surface area (Å²) >= 11 is 3.30. The van der Waals surface area contributed by atoms with Crippen LogP contribution < -0.4 is 0 Å². The van der Waals surface area contributed by atoms with Crippen molar-refractivity contribution in [2.75, 3.05) is 11.5 Å². The van der Waals surface area contributed by atoms with Gasteiger partial charge in [-0.3, -0.25) is 4.57 Å². The smallest absolute Gasteiger partial charge is 0.215 e. The van der Waals surface area contributed by atoms with Gasteiger partial charge in [-0.2, -0.15) is 0 Å². The van der Waals surface area contributed by atoms with Crippen molar-refractivity contribution in [2.24, 2.45) is 0 Å². The fraction of sp³-hybridized carbons (Fsp3) is 0.714. The highest BCUT2D eigenvalue weighted by atomic mass is 33.1. The van der Waals surface area contributed by atoms with E-state index >= 15 is 0 Å². The Kier molecular flexibility index (Phi) is 3.60. The minimum absolute atomic E-state index is 0.938. The summed E-state index contributed by atoms with van der Waals surface area (Å²) in [6, 6.07) is 0. The van der Waals surface area contributed by atoms with E-state index in [0.717, 1.165) is 23.2 Å². The van der Waals surface area contributed by atoms with Gasteiger partial charge in [-0.25, -0.2) is 0 Å². The summed E-state index contributed by atoms with van der Waals surface area (Å²) < 4.78 is 12.0. The molecule has 4 heteroatoms. The lowest BCUT2D eigenvalue weighted by Crippen LogP contribution is -1.73. The molecule has 1 saturated heterocycles. The van der Waals surface area contributed by atoms with Gasteiger partial charge in [-0.15, -0.1) is 0 Å². The Bertz CT molecular complexity index is 202. The predicted octanol–water partition coefficient (Wildman–Crippen LogP) is 3.97. The van der Waals surface area contributed by atoms with Crippen molar-refractivity contribution >= 4 is 28.3 Å². The van der Waals surface area contributed by atoms with Gasteiger partial charge in [0.25, 0.3) is 0 Å². The average molecular weight is 208 g/mol. The normalized spacial score (nSPS) is 24.0. The van der Waals surface area contributed by atoms with Crippen molar-refractivity contribution < 1.29 is 4.57 Å². The zero-order chi connectivity index (χ0) is 8.32. The average Bonchev–Trinajstić information content (AvgIpc) is 2.39. The number of allylic oxidation sites excluding steroid dienone is 2. The molecule has 0 N–H and O–H groups in total. The summed E-state index contributed by atoms with van der Waals surface area (Å²) in [6.07, 6.45) is 2.96. The largest absolute Gasteiger partial charge is 0.296 e. The quantitative estimate of drug-likeness (QED) is 0.639. The van der Waals surface area contributed by atoms with Crippen LogP contribution in [0, 0.1) is 0 Å². The second-order valence-corrected chi connectivity index (χ2v) is 10.5. The molecule has 1 aliphatic rings.